The second-order valence-electron chi connectivity index (χ2n) is 3.99. The molecule has 0 fully saturated rings. The summed E-state index contributed by atoms with van der Waals surface area (Å²) >= 11 is 0. The quantitative estimate of drug-likeness (QED) is 0.502. The van der Waals surface area contributed by atoms with E-state index in [9.17, 15) is 14.9 Å². The maximum Gasteiger partial charge on any atom is 0.269 e. The minimum absolute atomic E-state index is 0.0364. The predicted octanol–water partition coefficient (Wildman–Crippen LogP) is 1.46. The van der Waals surface area contributed by atoms with Gasteiger partial charge in [-0.15, -0.1) is 0 Å². The first-order valence-electron chi connectivity index (χ1n) is 5.63. The van der Waals surface area contributed by atoms with Crippen LogP contribution in [0, 0.1) is 10.1 Å². The highest BCUT2D eigenvalue weighted by Gasteiger charge is 2.17. The van der Waals surface area contributed by atoms with Crippen molar-refractivity contribution in [2.75, 3.05) is 12.8 Å². The summed E-state index contributed by atoms with van der Waals surface area (Å²) in [5.74, 6) is 0.190. The molecular weight excluding hydrogens is 264 g/mol. The number of carbonyl (C=O) groups is 1. The normalized spacial score (nSPS) is 10.4. The van der Waals surface area contributed by atoms with Crippen LogP contribution in [-0.4, -0.2) is 28.1 Å². The van der Waals surface area contributed by atoms with Gasteiger partial charge in [-0.2, -0.15) is 5.10 Å². The molecule has 0 amide bonds. The Morgan fingerprint density at radius 2 is 2.10 bits per heavy atom. The molecule has 2 rings (SSSR count). The Balaban J connectivity index is 2.48. The molecule has 0 aliphatic rings. The van der Waals surface area contributed by atoms with Crippen LogP contribution in [0.2, 0.25) is 0 Å². The number of nitro groups is 1. The fourth-order valence-corrected chi connectivity index (χ4v) is 1.78. The molecule has 0 saturated heterocycles. The Kier molecular flexibility index (Phi) is 3.76. The van der Waals surface area contributed by atoms with Crippen molar-refractivity contribution in [2.24, 2.45) is 0 Å². The molecular formula is C12H12N4O4. The summed E-state index contributed by atoms with van der Waals surface area (Å²) in [6.07, 6.45) is 0.602. The van der Waals surface area contributed by atoms with Crippen LogP contribution >= 0.6 is 0 Å². The number of nitrogen functional groups attached to an aromatic ring is 1. The number of aromatic nitrogens is 2. The molecule has 0 saturated carbocycles. The minimum atomic E-state index is -0.498. The van der Waals surface area contributed by atoms with Gasteiger partial charge in [0.25, 0.3) is 5.69 Å². The maximum atomic E-state index is 11.1. The van der Waals surface area contributed by atoms with Crippen LogP contribution < -0.4 is 5.73 Å². The number of nitro benzene ring substituents is 1. The van der Waals surface area contributed by atoms with Gasteiger partial charge in [0.15, 0.2) is 6.29 Å². The summed E-state index contributed by atoms with van der Waals surface area (Å²) in [6.45, 7) is 0.111. The number of hydrogen-bond donors (Lipinski definition) is 1. The van der Waals surface area contributed by atoms with E-state index in [0.29, 0.717) is 17.5 Å². The van der Waals surface area contributed by atoms with Crippen molar-refractivity contribution >= 4 is 17.8 Å². The van der Waals surface area contributed by atoms with Crippen molar-refractivity contribution < 1.29 is 14.5 Å². The lowest BCUT2D eigenvalue weighted by Gasteiger charge is -2.00. The summed E-state index contributed by atoms with van der Waals surface area (Å²) in [6, 6.07) is 5.72. The molecule has 8 nitrogen and oxygen atoms in total. The summed E-state index contributed by atoms with van der Waals surface area (Å²) in [5, 5.41) is 14.8. The Morgan fingerprint density at radius 3 is 2.60 bits per heavy atom. The highest BCUT2D eigenvalue weighted by atomic mass is 16.6. The van der Waals surface area contributed by atoms with Gasteiger partial charge in [-0.1, -0.05) is 0 Å². The molecule has 0 radical (unpaired) electrons. The van der Waals surface area contributed by atoms with Crippen LogP contribution in [0.5, 0.6) is 0 Å². The number of nitrogens with zero attached hydrogens (tertiary/aromatic N) is 3. The molecule has 2 aromatic rings. The van der Waals surface area contributed by atoms with E-state index in [1.165, 1.54) is 36.1 Å². The van der Waals surface area contributed by atoms with Crippen molar-refractivity contribution in [3.63, 3.8) is 0 Å². The van der Waals surface area contributed by atoms with E-state index in [4.69, 9.17) is 10.5 Å². The Labute approximate surface area is 113 Å². The zero-order valence-electron chi connectivity index (χ0n) is 10.6. The summed E-state index contributed by atoms with van der Waals surface area (Å²) in [7, 11) is 1.48. The van der Waals surface area contributed by atoms with Crippen LogP contribution in [0.15, 0.2) is 24.3 Å². The third-order valence-corrected chi connectivity index (χ3v) is 2.75. The predicted molar refractivity (Wildman–Crippen MR) is 71.1 cm³/mol. The standard InChI is InChI=1S/C12H12N4O4/c1-20-7-15-12(13)10(6-17)11(14-15)8-2-4-9(5-3-8)16(18)19/h2-6H,7,13H2,1H3. The minimum Gasteiger partial charge on any atom is -0.383 e. The molecule has 0 unspecified atom stereocenters. The lowest BCUT2D eigenvalue weighted by atomic mass is 10.1. The molecule has 0 atom stereocenters. The molecule has 104 valence electrons. The average molecular weight is 276 g/mol. The van der Waals surface area contributed by atoms with Crippen LogP contribution in [0.25, 0.3) is 11.3 Å². The van der Waals surface area contributed by atoms with Crippen molar-refractivity contribution in [2.45, 2.75) is 6.73 Å². The van der Waals surface area contributed by atoms with E-state index < -0.39 is 4.92 Å². The third kappa shape index (κ3) is 2.36. The highest BCUT2D eigenvalue weighted by molar-refractivity contribution is 5.91. The highest BCUT2D eigenvalue weighted by Crippen LogP contribution is 2.27. The van der Waals surface area contributed by atoms with Gasteiger partial charge >= 0.3 is 0 Å². The SMILES string of the molecule is COCn1nc(-c2ccc([N+](=O)[O-])cc2)c(C=O)c1N. The first kappa shape index (κ1) is 13.7. The lowest BCUT2D eigenvalue weighted by Crippen LogP contribution is -2.06. The van der Waals surface area contributed by atoms with E-state index in [1.807, 2.05) is 0 Å². The number of rotatable bonds is 5. The van der Waals surface area contributed by atoms with Gasteiger partial charge in [0.2, 0.25) is 0 Å². The summed E-state index contributed by atoms with van der Waals surface area (Å²) < 4.78 is 6.27. The molecule has 0 spiro atoms. The van der Waals surface area contributed by atoms with Crippen LogP contribution in [0.3, 0.4) is 0 Å². The van der Waals surface area contributed by atoms with E-state index >= 15 is 0 Å². The fourth-order valence-electron chi connectivity index (χ4n) is 1.78. The summed E-state index contributed by atoms with van der Waals surface area (Å²) in [5.41, 5.74) is 6.93. The Bertz CT molecular complexity index is 648. The second kappa shape index (κ2) is 5.49. The number of benzene rings is 1. The topological polar surface area (TPSA) is 113 Å². The number of ether oxygens (including phenoxy) is 1. The van der Waals surface area contributed by atoms with Crippen LogP contribution in [-0.2, 0) is 11.5 Å². The number of aldehydes is 1. The number of hydrogen-bond acceptors (Lipinski definition) is 6. The molecule has 1 aromatic heterocycles. The number of nitrogens with two attached hydrogens (primary N) is 1. The Morgan fingerprint density at radius 1 is 1.45 bits per heavy atom. The maximum absolute atomic E-state index is 11.1. The second-order valence-corrected chi connectivity index (χ2v) is 3.99. The smallest absolute Gasteiger partial charge is 0.269 e. The molecule has 1 heterocycles. The van der Waals surface area contributed by atoms with Gasteiger partial charge < -0.3 is 10.5 Å². The van der Waals surface area contributed by atoms with E-state index in [-0.39, 0.29) is 23.8 Å². The number of non-ortho nitro benzene ring substituents is 1. The average Bonchev–Trinajstić information content (AvgIpc) is 2.76. The summed E-state index contributed by atoms with van der Waals surface area (Å²) in [4.78, 5) is 21.2. The van der Waals surface area contributed by atoms with E-state index in [1.54, 1.807) is 0 Å². The molecule has 0 bridgehead atoms. The molecule has 20 heavy (non-hydrogen) atoms. The first-order valence-corrected chi connectivity index (χ1v) is 5.63. The molecule has 1 aromatic carbocycles. The van der Waals surface area contributed by atoms with E-state index in [2.05, 4.69) is 5.10 Å². The molecule has 0 aliphatic heterocycles. The van der Waals surface area contributed by atoms with Gasteiger partial charge in [-0.25, -0.2) is 4.68 Å². The van der Waals surface area contributed by atoms with Crippen molar-refractivity contribution in [1.29, 1.82) is 0 Å². The van der Waals surface area contributed by atoms with E-state index in [0.717, 1.165) is 0 Å². The molecule has 2 N–H and O–H groups in total. The van der Waals surface area contributed by atoms with Gasteiger partial charge in [-0.05, 0) is 12.1 Å². The zero-order chi connectivity index (χ0) is 14.7. The van der Waals surface area contributed by atoms with Crippen molar-refractivity contribution in [3.8, 4) is 11.3 Å². The monoisotopic (exact) mass is 276 g/mol. The zero-order valence-corrected chi connectivity index (χ0v) is 10.6. The van der Waals surface area contributed by atoms with Gasteiger partial charge in [0.1, 0.15) is 18.2 Å². The van der Waals surface area contributed by atoms with Crippen LogP contribution in [0.4, 0.5) is 11.5 Å². The van der Waals surface area contributed by atoms with Gasteiger partial charge in [0.05, 0.1) is 10.5 Å². The fraction of sp³-hybridized carbons (Fsp3) is 0.167. The van der Waals surface area contributed by atoms with Crippen molar-refractivity contribution in [1.82, 2.24) is 9.78 Å². The number of methoxy groups -OCH3 is 1. The lowest BCUT2D eigenvalue weighted by molar-refractivity contribution is -0.384. The van der Waals surface area contributed by atoms with Crippen LogP contribution in [0.1, 0.15) is 10.4 Å². The number of carbonyl (C=O) groups excluding carboxylic acids is 1. The van der Waals surface area contributed by atoms with Crippen molar-refractivity contribution in [3.05, 3.63) is 39.9 Å². The number of anilines is 1. The molecule has 8 heteroatoms. The Hall–Kier alpha value is -2.74. The third-order valence-electron chi connectivity index (χ3n) is 2.75. The van der Waals surface area contributed by atoms with Gasteiger partial charge in [0, 0.05) is 24.8 Å². The largest absolute Gasteiger partial charge is 0.383 e. The van der Waals surface area contributed by atoms with Gasteiger partial charge in [-0.3, -0.25) is 14.9 Å². The first-order chi connectivity index (χ1) is 9.58. The molecule has 0 aliphatic carbocycles.